The number of ether oxygens (including phenoxy) is 1. The van der Waals surface area contributed by atoms with Crippen LogP contribution in [-0.2, 0) is 15.1 Å². The molecule has 1 saturated heterocycles. The lowest BCUT2D eigenvalue weighted by Crippen LogP contribution is -2.38. The van der Waals surface area contributed by atoms with Gasteiger partial charge < -0.3 is 10.1 Å². The Bertz CT molecular complexity index is 417. The zero-order valence-corrected chi connectivity index (χ0v) is 11.2. The smallest absolute Gasteiger partial charge is 0.312 e. The van der Waals surface area contributed by atoms with E-state index in [2.05, 4.69) is 10.3 Å². The van der Waals surface area contributed by atoms with Gasteiger partial charge in [0.2, 0.25) is 0 Å². The fraction of sp³-hybridized carbons (Fsp3) is 0.571. The molecule has 0 aliphatic carbocycles. The predicted octanol–water partition coefficient (Wildman–Crippen LogP) is 1.86. The first-order valence-corrected chi connectivity index (χ1v) is 6.29. The van der Waals surface area contributed by atoms with E-state index in [1.807, 2.05) is 32.9 Å². The van der Waals surface area contributed by atoms with Crippen molar-refractivity contribution in [3.05, 3.63) is 30.1 Å². The molecule has 18 heavy (non-hydrogen) atoms. The normalized spacial score (nSPS) is 23.9. The first kappa shape index (κ1) is 13.0. The quantitative estimate of drug-likeness (QED) is 0.812. The van der Waals surface area contributed by atoms with Crippen LogP contribution in [0, 0.1) is 5.41 Å². The van der Waals surface area contributed by atoms with Gasteiger partial charge in [0.1, 0.15) is 0 Å². The highest BCUT2D eigenvalue weighted by molar-refractivity contribution is 5.76. The molecule has 4 heteroatoms. The molecule has 0 saturated carbocycles. The van der Waals surface area contributed by atoms with Crippen molar-refractivity contribution >= 4 is 5.97 Å². The van der Waals surface area contributed by atoms with Crippen molar-refractivity contribution in [2.24, 2.45) is 5.41 Å². The fourth-order valence-corrected chi connectivity index (χ4v) is 2.02. The molecule has 2 rings (SSSR count). The summed E-state index contributed by atoms with van der Waals surface area (Å²) in [7, 11) is 0. The molecule has 1 aromatic rings. The minimum absolute atomic E-state index is 0.171. The van der Waals surface area contributed by atoms with Crippen LogP contribution in [0.15, 0.2) is 24.5 Å². The van der Waals surface area contributed by atoms with Crippen LogP contribution in [0.2, 0.25) is 0 Å². The largest absolute Gasteiger partial charge is 0.452 e. The Kier molecular flexibility index (Phi) is 3.39. The molecule has 1 aromatic heterocycles. The van der Waals surface area contributed by atoms with Crippen LogP contribution < -0.4 is 5.32 Å². The van der Waals surface area contributed by atoms with Gasteiger partial charge in [-0.3, -0.25) is 9.78 Å². The number of pyridine rings is 1. The van der Waals surface area contributed by atoms with Crippen LogP contribution in [-0.4, -0.2) is 24.0 Å². The lowest BCUT2D eigenvalue weighted by molar-refractivity contribution is -0.169. The zero-order valence-electron chi connectivity index (χ0n) is 11.2. The van der Waals surface area contributed by atoms with Crippen LogP contribution >= 0.6 is 0 Å². The molecule has 0 aromatic carbocycles. The van der Waals surface area contributed by atoms with E-state index >= 15 is 0 Å². The maximum Gasteiger partial charge on any atom is 0.312 e. The van der Waals surface area contributed by atoms with Crippen molar-refractivity contribution in [2.45, 2.75) is 32.8 Å². The van der Waals surface area contributed by atoms with Gasteiger partial charge in [0.15, 0.2) is 5.60 Å². The van der Waals surface area contributed by atoms with Gasteiger partial charge in [-0.1, -0.05) is 6.07 Å². The lowest BCUT2D eigenvalue weighted by Gasteiger charge is -2.31. The highest BCUT2D eigenvalue weighted by Gasteiger charge is 2.42. The lowest BCUT2D eigenvalue weighted by atomic mass is 9.92. The minimum atomic E-state index is -0.557. The standard InChI is InChI=1S/C14H20N2O2/c1-13(2,3)12(17)18-14(6-8-16-10-14)11-5-4-7-15-9-11/h4-5,7,9,16H,6,8,10H2,1-3H3. The summed E-state index contributed by atoms with van der Waals surface area (Å²) >= 11 is 0. The second-order valence-electron chi connectivity index (χ2n) is 5.80. The molecule has 1 aliphatic rings. The van der Waals surface area contributed by atoms with E-state index in [4.69, 9.17) is 4.74 Å². The van der Waals surface area contributed by atoms with Gasteiger partial charge in [-0.2, -0.15) is 0 Å². The monoisotopic (exact) mass is 248 g/mol. The predicted molar refractivity (Wildman–Crippen MR) is 68.9 cm³/mol. The number of rotatable bonds is 2. The van der Waals surface area contributed by atoms with Crippen molar-refractivity contribution in [3.63, 3.8) is 0 Å². The van der Waals surface area contributed by atoms with E-state index in [1.54, 1.807) is 12.4 Å². The van der Waals surface area contributed by atoms with Crippen LogP contribution in [0.5, 0.6) is 0 Å². The highest BCUT2D eigenvalue weighted by Crippen LogP contribution is 2.34. The summed E-state index contributed by atoms with van der Waals surface area (Å²) in [5.74, 6) is -0.171. The number of carbonyl (C=O) groups is 1. The number of hydrogen-bond acceptors (Lipinski definition) is 4. The Balaban J connectivity index is 2.26. The molecular formula is C14H20N2O2. The fourth-order valence-electron chi connectivity index (χ4n) is 2.02. The Morgan fingerprint density at radius 1 is 1.50 bits per heavy atom. The van der Waals surface area contributed by atoms with Gasteiger partial charge in [-0.25, -0.2) is 0 Å². The van der Waals surface area contributed by atoms with Gasteiger partial charge in [0, 0.05) is 30.9 Å². The second kappa shape index (κ2) is 4.69. The number of hydrogen-bond donors (Lipinski definition) is 1. The number of aromatic nitrogens is 1. The molecule has 1 aliphatic heterocycles. The van der Waals surface area contributed by atoms with Gasteiger partial charge in [-0.15, -0.1) is 0 Å². The van der Waals surface area contributed by atoms with Crippen molar-refractivity contribution in [1.29, 1.82) is 0 Å². The van der Waals surface area contributed by atoms with Gasteiger partial charge in [-0.05, 0) is 33.4 Å². The summed E-state index contributed by atoms with van der Waals surface area (Å²) in [6, 6.07) is 3.84. The Morgan fingerprint density at radius 2 is 2.28 bits per heavy atom. The molecule has 1 fully saturated rings. The molecule has 2 heterocycles. The topological polar surface area (TPSA) is 51.2 Å². The molecule has 0 spiro atoms. The summed E-state index contributed by atoms with van der Waals surface area (Å²) in [5, 5.41) is 3.26. The summed E-state index contributed by atoms with van der Waals surface area (Å²) in [6.45, 7) is 7.12. The Morgan fingerprint density at radius 3 is 2.78 bits per heavy atom. The molecule has 0 amide bonds. The van der Waals surface area contributed by atoms with E-state index in [-0.39, 0.29) is 5.97 Å². The number of esters is 1. The minimum Gasteiger partial charge on any atom is -0.452 e. The SMILES string of the molecule is CC(C)(C)C(=O)OC1(c2cccnc2)CCNC1. The first-order chi connectivity index (χ1) is 8.44. The van der Waals surface area contributed by atoms with Crippen LogP contribution in [0.1, 0.15) is 32.8 Å². The Hall–Kier alpha value is -1.42. The molecule has 1 N–H and O–H groups in total. The van der Waals surface area contributed by atoms with Gasteiger partial charge in [0.05, 0.1) is 5.41 Å². The second-order valence-corrected chi connectivity index (χ2v) is 5.80. The molecule has 1 unspecified atom stereocenters. The summed E-state index contributed by atoms with van der Waals surface area (Å²) in [5.41, 5.74) is -0.0798. The molecule has 98 valence electrons. The number of nitrogens with one attached hydrogen (secondary N) is 1. The molecule has 0 bridgehead atoms. The highest BCUT2D eigenvalue weighted by atomic mass is 16.6. The molecule has 0 radical (unpaired) electrons. The van der Waals surface area contributed by atoms with E-state index in [0.717, 1.165) is 18.5 Å². The van der Waals surface area contributed by atoms with Gasteiger partial charge in [0.25, 0.3) is 0 Å². The van der Waals surface area contributed by atoms with E-state index in [0.29, 0.717) is 6.54 Å². The van der Waals surface area contributed by atoms with E-state index < -0.39 is 11.0 Å². The number of carbonyl (C=O) groups excluding carboxylic acids is 1. The molecular weight excluding hydrogens is 228 g/mol. The zero-order chi connectivity index (χ0) is 13.2. The van der Waals surface area contributed by atoms with E-state index in [1.165, 1.54) is 0 Å². The van der Waals surface area contributed by atoms with Crippen molar-refractivity contribution in [3.8, 4) is 0 Å². The first-order valence-electron chi connectivity index (χ1n) is 6.29. The third kappa shape index (κ3) is 2.53. The average molecular weight is 248 g/mol. The number of nitrogens with zero attached hydrogens (tertiary/aromatic N) is 1. The maximum atomic E-state index is 12.1. The Labute approximate surface area is 108 Å². The summed E-state index contributed by atoms with van der Waals surface area (Å²) in [4.78, 5) is 16.3. The van der Waals surface area contributed by atoms with Crippen LogP contribution in [0.25, 0.3) is 0 Å². The maximum absolute atomic E-state index is 12.1. The van der Waals surface area contributed by atoms with Crippen molar-refractivity contribution in [1.82, 2.24) is 10.3 Å². The van der Waals surface area contributed by atoms with Crippen LogP contribution in [0.3, 0.4) is 0 Å². The summed E-state index contributed by atoms with van der Waals surface area (Å²) in [6.07, 6.45) is 4.30. The third-order valence-electron chi connectivity index (χ3n) is 3.20. The van der Waals surface area contributed by atoms with Crippen molar-refractivity contribution < 1.29 is 9.53 Å². The average Bonchev–Trinajstić information content (AvgIpc) is 2.79. The summed E-state index contributed by atoms with van der Waals surface area (Å²) < 4.78 is 5.81. The van der Waals surface area contributed by atoms with Gasteiger partial charge >= 0.3 is 5.97 Å². The molecule has 4 nitrogen and oxygen atoms in total. The van der Waals surface area contributed by atoms with E-state index in [9.17, 15) is 4.79 Å². The third-order valence-corrected chi connectivity index (χ3v) is 3.20. The van der Waals surface area contributed by atoms with Crippen molar-refractivity contribution in [2.75, 3.05) is 13.1 Å². The molecule has 1 atom stereocenters. The van der Waals surface area contributed by atoms with Crippen LogP contribution in [0.4, 0.5) is 0 Å².